The monoisotopic (exact) mass is 273 g/mol. The maximum Gasteiger partial charge on any atom is 0.307 e. The molecule has 0 bridgehead atoms. The molecule has 0 heterocycles. The van der Waals surface area contributed by atoms with Gasteiger partial charge in [0.1, 0.15) is 0 Å². The van der Waals surface area contributed by atoms with Gasteiger partial charge in [-0.25, -0.2) is 0 Å². The Morgan fingerprint density at radius 1 is 1.06 bits per heavy atom. The Morgan fingerprint density at radius 3 is 2.11 bits per heavy atom. The summed E-state index contributed by atoms with van der Waals surface area (Å²) >= 11 is 1.97. The van der Waals surface area contributed by atoms with Crippen LogP contribution in [0.25, 0.3) is 0 Å². The normalized spacial score (nSPS) is 12.7. The number of amidine groups is 1. The van der Waals surface area contributed by atoms with Gasteiger partial charge in [0.15, 0.2) is 0 Å². The Morgan fingerprint density at radius 2 is 1.67 bits per heavy atom. The van der Waals surface area contributed by atoms with Crippen molar-refractivity contribution in [2.75, 3.05) is 33.9 Å². The van der Waals surface area contributed by atoms with Gasteiger partial charge in [0.05, 0.1) is 28.2 Å². The van der Waals surface area contributed by atoms with Crippen LogP contribution in [0.5, 0.6) is 0 Å². The molecule has 0 aromatic carbocycles. The zero-order valence-electron chi connectivity index (χ0n) is 13.5. The first-order valence-electron chi connectivity index (χ1n) is 7.19. The van der Waals surface area contributed by atoms with Gasteiger partial charge in [-0.05, 0) is 30.0 Å². The Labute approximate surface area is 119 Å². The SMILES string of the molecule is CC(C)CCCC(C)CCSC(N(C)C)=[N+](C)C. The average Bonchev–Trinajstić information content (AvgIpc) is 2.22. The fourth-order valence-electron chi connectivity index (χ4n) is 2.03. The molecule has 0 saturated heterocycles. The van der Waals surface area contributed by atoms with Crippen molar-refractivity contribution in [2.24, 2.45) is 11.8 Å². The predicted octanol–water partition coefficient (Wildman–Crippen LogP) is 3.76. The zero-order valence-corrected chi connectivity index (χ0v) is 14.3. The molecule has 18 heavy (non-hydrogen) atoms. The minimum absolute atomic E-state index is 0.856. The summed E-state index contributed by atoms with van der Waals surface area (Å²) in [6.45, 7) is 7.03. The second-order valence-electron chi connectivity index (χ2n) is 6.14. The molecule has 0 saturated carbocycles. The molecule has 0 fully saturated rings. The van der Waals surface area contributed by atoms with Crippen molar-refractivity contribution < 1.29 is 4.58 Å². The van der Waals surface area contributed by atoms with Gasteiger partial charge < -0.3 is 0 Å². The standard InChI is InChI=1S/C15H33N2S/c1-13(2)9-8-10-14(3)11-12-18-15(16(4)5)17(6)7/h13-14H,8-12H2,1-7H3/q+1. The van der Waals surface area contributed by atoms with Crippen molar-refractivity contribution in [3.63, 3.8) is 0 Å². The molecule has 0 N–H and O–H groups in total. The number of thioether (sulfide) groups is 1. The van der Waals surface area contributed by atoms with Crippen LogP contribution < -0.4 is 0 Å². The van der Waals surface area contributed by atoms with Gasteiger partial charge in [0, 0.05) is 5.75 Å². The van der Waals surface area contributed by atoms with Crippen LogP contribution in [-0.2, 0) is 0 Å². The molecule has 108 valence electrons. The molecule has 0 spiro atoms. The molecule has 2 nitrogen and oxygen atoms in total. The topological polar surface area (TPSA) is 6.25 Å². The number of hydrogen-bond acceptors (Lipinski definition) is 1. The summed E-state index contributed by atoms with van der Waals surface area (Å²) in [6.07, 6.45) is 5.48. The van der Waals surface area contributed by atoms with Gasteiger partial charge >= 0.3 is 5.17 Å². The fourth-order valence-corrected chi connectivity index (χ4v) is 3.25. The maximum absolute atomic E-state index is 2.39. The molecule has 1 atom stereocenters. The van der Waals surface area contributed by atoms with Crippen molar-refractivity contribution in [3.05, 3.63) is 0 Å². The van der Waals surface area contributed by atoms with E-state index in [-0.39, 0.29) is 0 Å². The highest BCUT2D eigenvalue weighted by atomic mass is 32.2. The first-order chi connectivity index (χ1) is 8.34. The first-order valence-corrected chi connectivity index (χ1v) is 8.17. The number of nitrogens with zero attached hydrogens (tertiary/aromatic N) is 2. The summed E-state index contributed by atoms with van der Waals surface area (Å²) in [4.78, 5) is 2.20. The van der Waals surface area contributed by atoms with Crippen LogP contribution in [-0.4, -0.2) is 48.6 Å². The lowest BCUT2D eigenvalue weighted by molar-refractivity contribution is -0.466. The van der Waals surface area contributed by atoms with Crippen molar-refractivity contribution >= 4 is 16.9 Å². The van der Waals surface area contributed by atoms with Crippen LogP contribution in [0.3, 0.4) is 0 Å². The van der Waals surface area contributed by atoms with E-state index in [4.69, 9.17) is 0 Å². The molecule has 0 aliphatic carbocycles. The second kappa shape index (κ2) is 9.71. The third-order valence-electron chi connectivity index (χ3n) is 3.09. The quantitative estimate of drug-likeness (QED) is 0.396. The summed E-state index contributed by atoms with van der Waals surface area (Å²) < 4.78 is 2.20. The van der Waals surface area contributed by atoms with Crippen molar-refractivity contribution in [3.8, 4) is 0 Å². The van der Waals surface area contributed by atoms with Crippen molar-refractivity contribution in [1.29, 1.82) is 0 Å². The van der Waals surface area contributed by atoms with Gasteiger partial charge in [-0.1, -0.05) is 40.0 Å². The maximum atomic E-state index is 2.39. The van der Waals surface area contributed by atoms with E-state index in [0.29, 0.717) is 0 Å². The molecule has 3 heteroatoms. The van der Waals surface area contributed by atoms with E-state index in [9.17, 15) is 0 Å². The lowest BCUT2D eigenvalue weighted by Gasteiger charge is -2.13. The van der Waals surface area contributed by atoms with E-state index in [1.807, 2.05) is 11.8 Å². The van der Waals surface area contributed by atoms with E-state index in [0.717, 1.165) is 11.8 Å². The van der Waals surface area contributed by atoms with Crippen LogP contribution in [0.1, 0.15) is 46.5 Å². The average molecular weight is 274 g/mol. The van der Waals surface area contributed by atoms with Gasteiger partial charge in [0.25, 0.3) is 0 Å². The minimum Gasteiger partial charge on any atom is -0.262 e. The third-order valence-corrected chi connectivity index (χ3v) is 4.51. The van der Waals surface area contributed by atoms with E-state index in [2.05, 4.69) is 58.4 Å². The molecular weight excluding hydrogens is 240 g/mol. The highest BCUT2D eigenvalue weighted by Crippen LogP contribution is 2.18. The first kappa shape index (κ1) is 17.8. The van der Waals surface area contributed by atoms with Gasteiger partial charge in [-0.3, -0.25) is 9.48 Å². The lowest BCUT2D eigenvalue weighted by atomic mass is 9.98. The van der Waals surface area contributed by atoms with Crippen molar-refractivity contribution in [1.82, 2.24) is 4.90 Å². The number of hydrogen-bond donors (Lipinski definition) is 0. The second-order valence-corrected chi connectivity index (χ2v) is 7.20. The highest BCUT2D eigenvalue weighted by Gasteiger charge is 2.13. The van der Waals surface area contributed by atoms with Gasteiger partial charge in [0.2, 0.25) is 0 Å². The Hall–Kier alpha value is -0.180. The largest absolute Gasteiger partial charge is 0.307 e. The highest BCUT2D eigenvalue weighted by molar-refractivity contribution is 8.13. The van der Waals surface area contributed by atoms with E-state index in [1.54, 1.807) is 0 Å². The summed E-state index contributed by atoms with van der Waals surface area (Å²) in [7, 11) is 8.48. The summed E-state index contributed by atoms with van der Waals surface area (Å²) in [5.74, 6) is 2.95. The molecule has 0 radical (unpaired) electrons. The number of rotatable bonds is 7. The Bertz CT molecular complexity index is 243. The third kappa shape index (κ3) is 8.84. The van der Waals surface area contributed by atoms with Gasteiger partial charge in [-0.2, -0.15) is 0 Å². The molecule has 1 unspecified atom stereocenters. The van der Waals surface area contributed by atoms with E-state index < -0.39 is 0 Å². The van der Waals surface area contributed by atoms with E-state index in [1.165, 1.54) is 36.6 Å². The van der Waals surface area contributed by atoms with Gasteiger partial charge in [-0.15, -0.1) is 0 Å². The minimum atomic E-state index is 0.856. The molecule has 0 aromatic rings. The molecule has 0 rings (SSSR count). The Kier molecular flexibility index (Phi) is 9.61. The van der Waals surface area contributed by atoms with Crippen LogP contribution in [0, 0.1) is 11.8 Å². The summed E-state index contributed by atoms with van der Waals surface area (Å²) in [5, 5.41) is 1.35. The van der Waals surface area contributed by atoms with Crippen LogP contribution in [0.2, 0.25) is 0 Å². The Balaban J connectivity index is 3.80. The molecule has 0 aliphatic rings. The van der Waals surface area contributed by atoms with Crippen LogP contribution in [0.15, 0.2) is 0 Å². The molecular formula is C15H33N2S+. The molecule has 0 aliphatic heterocycles. The lowest BCUT2D eigenvalue weighted by Crippen LogP contribution is -2.27. The zero-order chi connectivity index (χ0) is 14.1. The van der Waals surface area contributed by atoms with Crippen molar-refractivity contribution in [2.45, 2.75) is 46.5 Å². The van der Waals surface area contributed by atoms with E-state index >= 15 is 0 Å². The predicted molar refractivity (Wildman–Crippen MR) is 85.7 cm³/mol. The van der Waals surface area contributed by atoms with Crippen LogP contribution >= 0.6 is 11.8 Å². The fraction of sp³-hybridized carbons (Fsp3) is 0.933. The molecule has 0 aromatic heterocycles. The smallest absolute Gasteiger partial charge is 0.262 e. The summed E-state index contributed by atoms with van der Waals surface area (Å²) in [6, 6.07) is 0. The molecule has 0 amide bonds. The van der Waals surface area contributed by atoms with Crippen LogP contribution in [0.4, 0.5) is 0 Å². The summed E-state index contributed by atoms with van der Waals surface area (Å²) in [5.41, 5.74) is 0.